The second-order valence-corrected chi connectivity index (χ2v) is 6.05. The largest absolute Gasteiger partial charge is 0.285 e. The molecule has 0 aliphatic carbocycles. The highest BCUT2D eigenvalue weighted by Crippen LogP contribution is 2.09. The SMILES string of the molecule is CC(C)S(=O)(=O)N(C)Cc1cn[nH]c1. The molecule has 0 aliphatic rings. The van der Waals surface area contributed by atoms with E-state index in [4.69, 9.17) is 0 Å². The maximum absolute atomic E-state index is 11.7. The van der Waals surface area contributed by atoms with Gasteiger partial charge < -0.3 is 0 Å². The molecule has 1 rings (SSSR count). The van der Waals surface area contributed by atoms with Gasteiger partial charge in [0.2, 0.25) is 10.0 Å². The Kier molecular flexibility index (Phi) is 3.28. The lowest BCUT2D eigenvalue weighted by atomic mass is 10.4. The van der Waals surface area contributed by atoms with Crippen LogP contribution in [0.2, 0.25) is 0 Å². The molecule has 0 saturated carbocycles. The summed E-state index contributed by atoms with van der Waals surface area (Å²) in [6.45, 7) is 3.69. The summed E-state index contributed by atoms with van der Waals surface area (Å²) in [5, 5.41) is 6.01. The fourth-order valence-corrected chi connectivity index (χ4v) is 2.12. The van der Waals surface area contributed by atoms with Crippen molar-refractivity contribution in [3.63, 3.8) is 0 Å². The highest BCUT2D eigenvalue weighted by Gasteiger charge is 2.22. The van der Waals surface area contributed by atoms with E-state index < -0.39 is 10.0 Å². The van der Waals surface area contributed by atoms with E-state index in [0.29, 0.717) is 6.54 Å². The maximum Gasteiger partial charge on any atom is 0.216 e. The Morgan fingerprint density at radius 1 is 1.57 bits per heavy atom. The van der Waals surface area contributed by atoms with E-state index in [2.05, 4.69) is 10.2 Å². The van der Waals surface area contributed by atoms with E-state index in [0.717, 1.165) is 5.56 Å². The van der Waals surface area contributed by atoms with Gasteiger partial charge in [0.05, 0.1) is 11.4 Å². The number of aromatic amines is 1. The second kappa shape index (κ2) is 4.10. The van der Waals surface area contributed by atoms with Crippen LogP contribution in [0, 0.1) is 0 Å². The molecule has 0 bridgehead atoms. The van der Waals surface area contributed by atoms with Crippen LogP contribution in [0.4, 0.5) is 0 Å². The van der Waals surface area contributed by atoms with Crippen LogP contribution in [0.25, 0.3) is 0 Å². The normalized spacial score (nSPS) is 12.6. The fourth-order valence-electron chi connectivity index (χ4n) is 1.07. The van der Waals surface area contributed by atoms with Gasteiger partial charge in [-0.15, -0.1) is 0 Å². The predicted octanol–water partition coefficient (Wildman–Crippen LogP) is 0.580. The molecule has 1 N–H and O–H groups in total. The molecular formula is C8H15N3O2S. The van der Waals surface area contributed by atoms with Crippen LogP contribution in [0.15, 0.2) is 12.4 Å². The van der Waals surface area contributed by atoms with Crippen LogP contribution in [-0.2, 0) is 16.6 Å². The third kappa shape index (κ3) is 2.33. The molecule has 0 amide bonds. The standard InChI is InChI=1S/C8H15N3O2S/c1-7(2)14(12,13)11(3)6-8-4-9-10-5-8/h4-5,7H,6H2,1-3H3,(H,9,10). The zero-order chi connectivity index (χ0) is 10.8. The van der Waals surface area contributed by atoms with Crippen molar-refractivity contribution in [1.29, 1.82) is 0 Å². The molecule has 0 aliphatic heterocycles. The lowest BCUT2D eigenvalue weighted by Crippen LogP contribution is -2.32. The summed E-state index contributed by atoms with van der Waals surface area (Å²) in [4.78, 5) is 0. The quantitative estimate of drug-likeness (QED) is 0.802. The summed E-state index contributed by atoms with van der Waals surface area (Å²) >= 11 is 0. The number of hydrogen-bond acceptors (Lipinski definition) is 3. The van der Waals surface area contributed by atoms with Crippen molar-refractivity contribution in [1.82, 2.24) is 14.5 Å². The lowest BCUT2D eigenvalue weighted by molar-refractivity contribution is 0.460. The van der Waals surface area contributed by atoms with Crippen LogP contribution in [0.3, 0.4) is 0 Å². The summed E-state index contributed by atoms with van der Waals surface area (Å²) < 4.78 is 24.6. The van der Waals surface area contributed by atoms with Crippen molar-refractivity contribution in [2.75, 3.05) is 7.05 Å². The minimum atomic E-state index is -3.16. The van der Waals surface area contributed by atoms with Crippen molar-refractivity contribution in [3.8, 4) is 0 Å². The van der Waals surface area contributed by atoms with Gasteiger partial charge in [0.1, 0.15) is 0 Å². The zero-order valence-electron chi connectivity index (χ0n) is 8.56. The van der Waals surface area contributed by atoms with Gasteiger partial charge in [-0.05, 0) is 13.8 Å². The van der Waals surface area contributed by atoms with Crippen molar-refractivity contribution in [3.05, 3.63) is 18.0 Å². The van der Waals surface area contributed by atoms with E-state index in [1.165, 1.54) is 4.31 Å². The summed E-state index contributed by atoms with van der Waals surface area (Å²) in [6.07, 6.45) is 3.30. The number of nitrogens with zero attached hydrogens (tertiary/aromatic N) is 2. The Labute approximate surface area is 84.2 Å². The highest BCUT2D eigenvalue weighted by atomic mass is 32.2. The third-order valence-corrected chi connectivity index (χ3v) is 4.18. The van der Waals surface area contributed by atoms with Gasteiger partial charge in [-0.25, -0.2) is 12.7 Å². The first-order chi connectivity index (χ1) is 6.44. The number of sulfonamides is 1. The summed E-state index contributed by atoms with van der Waals surface area (Å²) in [6, 6.07) is 0. The molecule has 0 radical (unpaired) electrons. The van der Waals surface area contributed by atoms with E-state index in [9.17, 15) is 8.42 Å². The number of H-pyrrole nitrogens is 1. The van der Waals surface area contributed by atoms with Crippen molar-refractivity contribution in [2.45, 2.75) is 25.6 Å². The number of hydrogen-bond donors (Lipinski definition) is 1. The molecule has 80 valence electrons. The Morgan fingerprint density at radius 2 is 2.21 bits per heavy atom. The van der Waals surface area contributed by atoms with Crippen molar-refractivity contribution >= 4 is 10.0 Å². The number of nitrogens with one attached hydrogen (secondary N) is 1. The van der Waals surface area contributed by atoms with Gasteiger partial charge >= 0.3 is 0 Å². The van der Waals surface area contributed by atoms with E-state index >= 15 is 0 Å². The summed E-state index contributed by atoms with van der Waals surface area (Å²) in [5.74, 6) is 0. The average Bonchev–Trinajstić information content (AvgIpc) is 2.56. The molecule has 0 spiro atoms. The van der Waals surface area contributed by atoms with Crippen LogP contribution in [0.5, 0.6) is 0 Å². The summed E-state index contributed by atoms with van der Waals surface area (Å²) in [5.41, 5.74) is 0.858. The molecule has 14 heavy (non-hydrogen) atoms. The molecule has 0 unspecified atom stereocenters. The molecule has 0 atom stereocenters. The molecule has 6 heteroatoms. The first-order valence-corrected chi connectivity index (χ1v) is 5.87. The Balaban J connectivity index is 2.72. The second-order valence-electron chi connectivity index (χ2n) is 3.46. The minimum absolute atomic E-state index is 0.358. The Bertz CT molecular complexity index is 369. The topological polar surface area (TPSA) is 66.1 Å². The van der Waals surface area contributed by atoms with Gasteiger partial charge in [0, 0.05) is 25.4 Å². The molecular weight excluding hydrogens is 202 g/mol. The molecule has 1 heterocycles. The van der Waals surface area contributed by atoms with Gasteiger partial charge in [-0.2, -0.15) is 5.10 Å². The van der Waals surface area contributed by atoms with Crippen molar-refractivity contribution < 1.29 is 8.42 Å². The summed E-state index contributed by atoms with van der Waals surface area (Å²) in [7, 11) is -1.59. The number of aromatic nitrogens is 2. The predicted molar refractivity (Wildman–Crippen MR) is 54.1 cm³/mol. The van der Waals surface area contributed by atoms with Crippen LogP contribution >= 0.6 is 0 Å². The fraction of sp³-hybridized carbons (Fsp3) is 0.625. The zero-order valence-corrected chi connectivity index (χ0v) is 9.37. The van der Waals surface area contributed by atoms with E-state index in [-0.39, 0.29) is 5.25 Å². The van der Waals surface area contributed by atoms with Gasteiger partial charge in [-0.1, -0.05) is 0 Å². The van der Waals surface area contributed by atoms with Crippen molar-refractivity contribution in [2.24, 2.45) is 0 Å². The third-order valence-electron chi connectivity index (χ3n) is 1.99. The Hall–Kier alpha value is -0.880. The molecule has 1 aromatic rings. The smallest absolute Gasteiger partial charge is 0.216 e. The minimum Gasteiger partial charge on any atom is -0.285 e. The first-order valence-electron chi connectivity index (χ1n) is 4.37. The lowest BCUT2D eigenvalue weighted by Gasteiger charge is -2.18. The van der Waals surface area contributed by atoms with Crippen LogP contribution < -0.4 is 0 Å². The average molecular weight is 217 g/mol. The molecule has 0 saturated heterocycles. The molecule has 0 aromatic carbocycles. The highest BCUT2D eigenvalue weighted by molar-refractivity contribution is 7.89. The first kappa shape index (κ1) is 11.2. The Morgan fingerprint density at radius 3 is 2.64 bits per heavy atom. The number of rotatable bonds is 4. The maximum atomic E-state index is 11.7. The van der Waals surface area contributed by atoms with E-state index in [1.54, 1.807) is 33.3 Å². The monoisotopic (exact) mass is 217 g/mol. The van der Waals surface area contributed by atoms with Gasteiger partial charge in [0.15, 0.2) is 0 Å². The van der Waals surface area contributed by atoms with Crippen LogP contribution in [-0.4, -0.2) is 35.2 Å². The molecule has 1 aromatic heterocycles. The van der Waals surface area contributed by atoms with Gasteiger partial charge in [-0.3, -0.25) is 5.10 Å². The van der Waals surface area contributed by atoms with Gasteiger partial charge in [0.25, 0.3) is 0 Å². The van der Waals surface area contributed by atoms with E-state index in [1.807, 2.05) is 0 Å². The van der Waals surface area contributed by atoms with Crippen LogP contribution in [0.1, 0.15) is 19.4 Å². The molecule has 0 fully saturated rings. The molecule has 5 nitrogen and oxygen atoms in total.